The molecule has 1 unspecified atom stereocenters. The SMILES string of the molecule is Cn1c(=N)n(CC(O)COc2ccccc2)c2ccccc21. The van der Waals surface area contributed by atoms with Crippen LogP contribution < -0.4 is 10.4 Å². The number of aliphatic hydroxyl groups excluding tert-OH is 1. The summed E-state index contributed by atoms with van der Waals surface area (Å²) in [7, 11) is 1.86. The topological polar surface area (TPSA) is 63.2 Å². The van der Waals surface area contributed by atoms with E-state index in [-0.39, 0.29) is 6.61 Å². The summed E-state index contributed by atoms with van der Waals surface area (Å²) < 4.78 is 9.17. The second-order valence-electron chi connectivity index (χ2n) is 5.26. The number of nitrogens with zero attached hydrogens (tertiary/aromatic N) is 2. The first-order chi connectivity index (χ1) is 10.7. The van der Waals surface area contributed by atoms with E-state index >= 15 is 0 Å². The van der Waals surface area contributed by atoms with Gasteiger partial charge in [-0.15, -0.1) is 0 Å². The lowest BCUT2D eigenvalue weighted by Crippen LogP contribution is -2.30. The molecule has 0 spiro atoms. The minimum Gasteiger partial charge on any atom is -0.491 e. The molecule has 0 saturated carbocycles. The van der Waals surface area contributed by atoms with E-state index in [1.54, 1.807) is 9.13 Å². The van der Waals surface area contributed by atoms with Crippen molar-refractivity contribution in [1.82, 2.24) is 9.13 Å². The van der Waals surface area contributed by atoms with E-state index in [9.17, 15) is 5.11 Å². The Kier molecular flexibility index (Phi) is 3.98. The molecule has 3 rings (SSSR count). The molecule has 0 amide bonds. The van der Waals surface area contributed by atoms with E-state index in [1.165, 1.54) is 0 Å². The van der Waals surface area contributed by atoms with E-state index in [4.69, 9.17) is 10.1 Å². The van der Waals surface area contributed by atoms with Gasteiger partial charge < -0.3 is 19.0 Å². The van der Waals surface area contributed by atoms with Gasteiger partial charge in [0, 0.05) is 7.05 Å². The van der Waals surface area contributed by atoms with E-state index in [0.29, 0.717) is 12.2 Å². The number of aryl methyl sites for hydroxylation is 1. The number of aromatic nitrogens is 2. The van der Waals surface area contributed by atoms with Crippen molar-refractivity contribution in [1.29, 1.82) is 5.41 Å². The van der Waals surface area contributed by atoms with E-state index in [1.807, 2.05) is 61.6 Å². The zero-order chi connectivity index (χ0) is 15.5. The molecule has 5 heteroatoms. The molecule has 2 N–H and O–H groups in total. The lowest BCUT2D eigenvalue weighted by atomic mass is 10.3. The fourth-order valence-corrected chi connectivity index (χ4v) is 2.54. The monoisotopic (exact) mass is 297 g/mol. The van der Waals surface area contributed by atoms with Crippen molar-refractivity contribution in [3.8, 4) is 5.75 Å². The first kappa shape index (κ1) is 14.4. The van der Waals surface area contributed by atoms with Gasteiger partial charge in [0.05, 0.1) is 17.6 Å². The predicted molar refractivity (Wildman–Crippen MR) is 84.7 cm³/mol. The van der Waals surface area contributed by atoms with Gasteiger partial charge in [-0.05, 0) is 24.3 Å². The average molecular weight is 297 g/mol. The summed E-state index contributed by atoms with van der Waals surface area (Å²) in [5, 5.41) is 18.4. The molecule has 0 saturated heterocycles. The van der Waals surface area contributed by atoms with Gasteiger partial charge in [-0.2, -0.15) is 0 Å². The fourth-order valence-electron chi connectivity index (χ4n) is 2.54. The molecule has 3 aromatic rings. The van der Waals surface area contributed by atoms with Gasteiger partial charge in [-0.3, -0.25) is 5.41 Å². The quantitative estimate of drug-likeness (QED) is 0.755. The summed E-state index contributed by atoms with van der Waals surface area (Å²) in [6.07, 6.45) is -0.680. The molecule has 5 nitrogen and oxygen atoms in total. The largest absolute Gasteiger partial charge is 0.491 e. The smallest absolute Gasteiger partial charge is 0.202 e. The highest BCUT2D eigenvalue weighted by atomic mass is 16.5. The number of aliphatic hydroxyl groups is 1. The average Bonchev–Trinajstić information content (AvgIpc) is 2.79. The van der Waals surface area contributed by atoms with E-state index in [2.05, 4.69) is 0 Å². The van der Waals surface area contributed by atoms with Crippen molar-refractivity contribution in [2.45, 2.75) is 12.6 Å². The summed E-state index contributed by atoms with van der Waals surface area (Å²) in [6.45, 7) is 0.521. The fraction of sp³-hybridized carbons (Fsp3) is 0.235. The molecule has 2 aromatic carbocycles. The van der Waals surface area contributed by atoms with Gasteiger partial charge in [0.1, 0.15) is 18.5 Å². The molecular weight excluding hydrogens is 278 g/mol. The Hall–Kier alpha value is -2.53. The maximum absolute atomic E-state index is 10.2. The molecular formula is C17H19N3O2. The first-order valence-corrected chi connectivity index (χ1v) is 7.21. The van der Waals surface area contributed by atoms with Gasteiger partial charge >= 0.3 is 0 Å². The van der Waals surface area contributed by atoms with Crippen LogP contribution in [0.3, 0.4) is 0 Å². The molecule has 0 aliphatic heterocycles. The molecule has 114 valence electrons. The van der Waals surface area contributed by atoms with Crippen molar-refractivity contribution >= 4 is 11.0 Å². The predicted octanol–water partition coefficient (Wildman–Crippen LogP) is 1.90. The number of para-hydroxylation sites is 3. The van der Waals surface area contributed by atoms with Crippen LogP contribution in [0.2, 0.25) is 0 Å². The Balaban J connectivity index is 1.76. The van der Waals surface area contributed by atoms with E-state index < -0.39 is 6.10 Å². The van der Waals surface area contributed by atoms with Crippen LogP contribution in [0.1, 0.15) is 0 Å². The minimum absolute atomic E-state index is 0.194. The van der Waals surface area contributed by atoms with Gasteiger partial charge in [0.2, 0.25) is 5.62 Å². The zero-order valence-electron chi connectivity index (χ0n) is 12.4. The van der Waals surface area contributed by atoms with Crippen molar-refractivity contribution in [2.75, 3.05) is 6.61 Å². The van der Waals surface area contributed by atoms with Crippen LogP contribution in [0, 0.1) is 5.41 Å². The Labute approximate surface area is 128 Å². The molecule has 1 atom stereocenters. The summed E-state index contributed by atoms with van der Waals surface area (Å²) in [4.78, 5) is 0. The summed E-state index contributed by atoms with van der Waals surface area (Å²) >= 11 is 0. The third-order valence-corrected chi connectivity index (χ3v) is 3.69. The van der Waals surface area contributed by atoms with Crippen LogP contribution in [0.5, 0.6) is 5.75 Å². The molecule has 0 aliphatic carbocycles. The van der Waals surface area contributed by atoms with Crippen LogP contribution in [-0.4, -0.2) is 27.0 Å². The Bertz CT molecular complexity index is 821. The van der Waals surface area contributed by atoms with Crippen LogP contribution in [0.4, 0.5) is 0 Å². The van der Waals surface area contributed by atoms with Crippen LogP contribution >= 0.6 is 0 Å². The number of hydrogen-bond donors (Lipinski definition) is 2. The maximum atomic E-state index is 10.2. The highest BCUT2D eigenvalue weighted by Crippen LogP contribution is 2.13. The molecule has 1 aromatic heterocycles. The first-order valence-electron chi connectivity index (χ1n) is 7.21. The van der Waals surface area contributed by atoms with Gasteiger partial charge in [-0.1, -0.05) is 30.3 Å². The Morgan fingerprint density at radius 2 is 1.68 bits per heavy atom. The van der Waals surface area contributed by atoms with Crippen molar-refractivity contribution < 1.29 is 9.84 Å². The molecule has 0 aliphatic rings. The third-order valence-electron chi connectivity index (χ3n) is 3.69. The number of ether oxygens (including phenoxy) is 1. The van der Waals surface area contributed by atoms with Crippen molar-refractivity contribution in [3.05, 3.63) is 60.2 Å². The van der Waals surface area contributed by atoms with Crippen molar-refractivity contribution in [2.24, 2.45) is 7.05 Å². The lowest BCUT2D eigenvalue weighted by Gasteiger charge is -2.13. The summed E-state index contributed by atoms with van der Waals surface area (Å²) in [6, 6.07) is 17.2. The number of rotatable bonds is 5. The van der Waals surface area contributed by atoms with Crippen molar-refractivity contribution in [3.63, 3.8) is 0 Å². The zero-order valence-corrected chi connectivity index (χ0v) is 12.4. The second kappa shape index (κ2) is 6.07. The summed E-state index contributed by atoms with van der Waals surface area (Å²) in [5.41, 5.74) is 2.28. The molecule has 0 fully saturated rings. The number of imidazole rings is 1. The Morgan fingerprint density at radius 3 is 2.41 bits per heavy atom. The van der Waals surface area contributed by atoms with Crippen LogP contribution in [-0.2, 0) is 13.6 Å². The number of nitrogens with one attached hydrogen (secondary N) is 1. The number of benzene rings is 2. The Morgan fingerprint density at radius 1 is 1.05 bits per heavy atom. The summed E-state index contributed by atoms with van der Waals surface area (Å²) in [5.74, 6) is 0.732. The van der Waals surface area contributed by atoms with Crippen LogP contribution in [0.25, 0.3) is 11.0 Å². The normalized spacial score (nSPS) is 12.5. The molecule has 0 bridgehead atoms. The van der Waals surface area contributed by atoms with Gasteiger partial charge in [0.15, 0.2) is 0 Å². The maximum Gasteiger partial charge on any atom is 0.202 e. The third kappa shape index (κ3) is 2.76. The van der Waals surface area contributed by atoms with E-state index in [0.717, 1.165) is 16.8 Å². The lowest BCUT2D eigenvalue weighted by molar-refractivity contribution is 0.0921. The van der Waals surface area contributed by atoms with Gasteiger partial charge in [0.25, 0.3) is 0 Å². The number of hydrogen-bond acceptors (Lipinski definition) is 3. The molecule has 0 radical (unpaired) electrons. The number of fused-ring (bicyclic) bond motifs is 1. The van der Waals surface area contributed by atoms with Crippen LogP contribution in [0.15, 0.2) is 54.6 Å². The molecule has 1 heterocycles. The van der Waals surface area contributed by atoms with Gasteiger partial charge in [-0.25, -0.2) is 0 Å². The highest BCUT2D eigenvalue weighted by Gasteiger charge is 2.12. The standard InChI is InChI=1S/C17H19N3O2/c1-19-15-9-5-6-10-16(15)20(17(19)18)11-13(21)12-22-14-7-3-2-4-8-14/h2-10,13,18,21H,11-12H2,1H3. The minimum atomic E-state index is -0.680. The highest BCUT2D eigenvalue weighted by molar-refractivity contribution is 5.75. The second-order valence-corrected chi connectivity index (χ2v) is 5.26. The molecule has 22 heavy (non-hydrogen) atoms.